The van der Waals surface area contributed by atoms with Crippen LogP contribution in [0.2, 0.25) is 0 Å². The predicted octanol–water partition coefficient (Wildman–Crippen LogP) is 6.29. The lowest BCUT2D eigenvalue weighted by atomic mass is 9.96. The molecule has 0 saturated heterocycles. The Hall–Kier alpha value is -3.12. The molecule has 0 N–H and O–H groups in total. The second-order valence-corrected chi connectivity index (χ2v) is 5.71. The average molecular weight is 304 g/mol. The van der Waals surface area contributed by atoms with Gasteiger partial charge in [0.25, 0.3) is 0 Å². The Balaban J connectivity index is 1.75. The molecule has 0 fully saturated rings. The first-order valence-corrected chi connectivity index (χ1v) is 8.05. The second-order valence-electron chi connectivity index (χ2n) is 5.71. The maximum absolute atomic E-state index is 3.34. The maximum Gasteiger partial charge on any atom is -0.00926 e. The highest BCUT2D eigenvalue weighted by Crippen LogP contribution is 2.28. The Kier molecular flexibility index (Phi) is 3.95. The Bertz CT molecular complexity index is 857. The van der Waals surface area contributed by atoms with Crippen LogP contribution >= 0.6 is 0 Å². The van der Waals surface area contributed by atoms with Gasteiger partial charge in [0.1, 0.15) is 0 Å². The Morgan fingerprint density at radius 2 is 0.833 bits per heavy atom. The Morgan fingerprint density at radius 1 is 0.417 bits per heavy atom. The molecular formula is C24H16. The fourth-order valence-corrected chi connectivity index (χ4v) is 2.86. The van der Waals surface area contributed by atoms with Gasteiger partial charge in [-0.3, -0.25) is 0 Å². The lowest BCUT2D eigenvalue weighted by molar-refractivity contribution is 1.56. The average Bonchev–Trinajstić information content (AvgIpc) is 2.70. The third-order valence-corrected chi connectivity index (χ3v) is 4.11. The molecule has 4 rings (SSSR count). The summed E-state index contributed by atoms with van der Waals surface area (Å²) in [6.45, 7) is 0. The van der Waals surface area contributed by atoms with E-state index in [1.54, 1.807) is 0 Å². The summed E-state index contributed by atoms with van der Waals surface area (Å²) in [6, 6.07) is 40.0. The van der Waals surface area contributed by atoms with E-state index < -0.39 is 0 Å². The van der Waals surface area contributed by atoms with Crippen LogP contribution in [0.1, 0.15) is 0 Å². The largest absolute Gasteiger partial charge is 0.0622 e. The van der Waals surface area contributed by atoms with Crippen molar-refractivity contribution in [3.63, 3.8) is 0 Å². The minimum Gasteiger partial charge on any atom is -0.0622 e. The van der Waals surface area contributed by atoms with Crippen LogP contribution in [0, 0.1) is 12.1 Å². The van der Waals surface area contributed by atoms with Gasteiger partial charge in [-0.25, -0.2) is 0 Å². The quantitative estimate of drug-likeness (QED) is 0.417. The Morgan fingerprint density at radius 3 is 1.25 bits per heavy atom. The maximum atomic E-state index is 3.34. The summed E-state index contributed by atoms with van der Waals surface area (Å²) in [5.41, 5.74) is 6.95. The summed E-state index contributed by atoms with van der Waals surface area (Å²) >= 11 is 0. The van der Waals surface area contributed by atoms with E-state index >= 15 is 0 Å². The first-order valence-electron chi connectivity index (χ1n) is 8.05. The lowest BCUT2D eigenvalue weighted by Crippen LogP contribution is -1.84. The van der Waals surface area contributed by atoms with Gasteiger partial charge in [0.2, 0.25) is 0 Å². The summed E-state index contributed by atoms with van der Waals surface area (Å²) in [7, 11) is 0. The molecule has 4 aromatic carbocycles. The van der Waals surface area contributed by atoms with Crippen molar-refractivity contribution in [1.82, 2.24) is 0 Å². The monoisotopic (exact) mass is 304 g/mol. The topological polar surface area (TPSA) is 0 Å². The van der Waals surface area contributed by atoms with Crippen molar-refractivity contribution in [2.45, 2.75) is 0 Å². The first kappa shape index (κ1) is 14.5. The van der Waals surface area contributed by atoms with Gasteiger partial charge >= 0.3 is 0 Å². The van der Waals surface area contributed by atoms with E-state index in [1.165, 1.54) is 22.3 Å². The third-order valence-electron chi connectivity index (χ3n) is 4.11. The van der Waals surface area contributed by atoms with E-state index in [-0.39, 0.29) is 0 Å². The number of benzene rings is 4. The molecular weight excluding hydrogens is 288 g/mol. The van der Waals surface area contributed by atoms with Gasteiger partial charge in [-0.05, 0) is 57.6 Å². The minimum atomic E-state index is 1.06. The molecule has 0 unspecified atom stereocenters. The van der Waals surface area contributed by atoms with E-state index in [9.17, 15) is 0 Å². The van der Waals surface area contributed by atoms with Crippen molar-refractivity contribution in [3.05, 3.63) is 109 Å². The van der Waals surface area contributed by atoms with Crippen molar-refractivity contribution in [3.8, 4) is 33.4 Å². The summed E-state index contributed by atoms with van der Waals surface area (Å²) in [5.74, 6) is 0. The van der Waals surface area contributed by atoms with Crippen LogP contribution in [0.4, 0.5) is 0 Å². The molecule has 112 valence electrons. The summed E-state index contributed by atoms with van der Waals surface area (Å²) in [6.07, 6.45) is 0. The molecule has 0 aliphatic heterocycles. The molecule has 0 amide bonds. The highest BCUT2D eigenvalue weighted by atomic mass is 14.1. The summed E-state index contributed by atoms with van der Waals surface area (Å²) in [5, 5.41) is 0. The van der Waals surface area contributed by atoms with Gasteiger partial charge in [-0.2, -0.15) is 0 Å². The van der Waals surface area contributed by atoms with Crippen LogP contribution in [-0.4, -0.2) is 0 Å². The lowest BCUT2D eigenvalue weighted by Gasteiger charge is -2.08. The zero-order chi connectivity index (χ0) is 16.2. The van der Waals surface area contributed by atoms with Crippen molar-refractivity contribution >= 4 is 0 Å². The van der Waals surface area contributed by atoms with E-state index in [2.05, 4.69) is 84.9 Å². The second kappa shape index (κ2) is 6.55. The van der Waals surface area contributed by atoms with E-state index in [0.29, 0.717) is 0 Å². The zero-order valence-corrected chi connectivity index (χ0v) is 13.2. The van der Waals surface area contributed by atoms with Crippen molar-refractivity contribution in [2.24, 2.45) is 0 Å². The smallest absolute Gasteiger partial charge is 0.00926 e. The van der Waals surface area contributed by atoms with Gasteiger partial charge in [0.05, 0.1) is 0 Å². The minimum absolute atomic E-state index is 1.06. The fraction of sp³-hybridized carbons (Fsp3) is 0. The molecule has 0 heterocycles. The number of rotatable bonds is 3. The molecule has 4 aromatic rings. The summed E-state index contributed by atoms with van der Waals surface area (Å²) < 4.78 is 0. The van der Waals surface area contributed by atoms with E-state index in [1.807, 2.05) is 24.3 Å². The van der Waals surface area contributed by atoms with Crippen molar-refractivity contribution < 1.29 is 0 Å². The predicted molar refractivity (Wildman–Crippen MR) is 100 cm³/mol. The van der Waals surface area contributed by atoms with Gasteiger partial charge < -0.3 is 0 Å². The molecule has 0 saturated carbocycles. The molecule has 24 heavy (non-hydrogen) atoms. The van der Waals surface area contributed by atoms with E-state index in [0.717, 1.165) is 11.1 Å². The van der Waals surface area contributed by atoms with Gasteiger partial charge in [0.15, 0.2) is 0 Å². The molecule has 0 atom stereocenters. The number of hydrogen-bond acceptors (Lipinski definition) is 0. The molecule has 0 heteroatoms. The standard InChI is InChI=1S/C24H16/c1-3-9-19(10-4-1)21-13-7-15-23(17-21)24-16-8-14-22(18-24)20-11-5-2-6-12-20/h1-14,17-18H. The normalized spacial score (nSPS) is 10.5. The van der Waals surface area contributed by atoms with Crippen molar-refractivity contribution in [2.75, 3.05) is 0 Å². The molecule has 0 nitrogen and oxygen atoms in total. The highest BCUT2D eigenvalue weighted by molar-refractivity contribution is 5.76. The van der Waals surface area contributed by atoms with Gasteiger partial charge in [-0.15, -0.1) is 0 Å². The molecule has 0 aliphatic rings. The summed E-state index contributed by atoms with van der Waals surface area (Å²) in [4.78, 5) is 0. The SMILES string of the molecule is [c]1ccc(-c2ccccc2)cc1-c1[c]ccc(-c2ccccc2)c1. The third kappa shape index (κ3) is 3.00. The molecule has 2 radical (unpaired) electrons. The molecule has 0 aromatic heterocycles. The van der Waals surface area contributed by atoms with Crippen LogP contribution in [0.15, 0.2) is 97.1 Å². The van der Waals surface area contributed by atoms with Crippen LogP contribution in [0.5, 0.6) is 0 Å². The van der Waals surface area contributed by atoms with E-state index in [4.69, 9.17) is 0 Å². The molecule has 0 spiro atoms. The van der Waals surface area contributed by atoms with Crippen molar-refractivity contribution in [1.29, 1.82) is 0 Å². The zero-order valence-electron chi connectivity index (χ0n) is 13.2. The fourth-order valence-electron chi connectivity index (χ4n) is 2.86. The first-order chi connectivity index (χ1) is 11.9. The van der Waals surface area contributed by atoms with Crippen LogP contribution in [-0.2, 0) is 0 Å². The highest BCUT2D eigenvalue weighted by Gasteiger charge is 2.04. The van der Waals surface area contributed by atoms with Gasteiger partial charge in [-0.1, -0.05) is 84.9 Å². The number of hydrogen-bond donors (Lipinski definition) is 0. The molecule has 0 bridgehead atoms. The van der Waals surface area contributed by atoms with Gasteiger partial charge in [0, 0.05) is 0 Å². The Labute approximate surface area is 143 Å². The van der Waals surface area contributed by atoms with Crippen LogP contribution < -0.4 is 0 Å². The van der Waals surface area contributed by atoms with Crippen LogP contribution in [0.3, 0.4) is 0 Å². The molecule has 0 aliphatic carbocycles. The van der Waals surface area contributed by atoms with Crippen LogP contribution in [0.25, 0.3) is 33.4 Å².